The average molecular weight is 347 g/mol. The molecule has 2 fully saturated rings. The first-order valence-corrected chi connectivity index (χ1v) is 7.79. The molecule has 2 aliphatic rings. The smallest absolute Gasteiger partial charge is 0.147 e. The SMILES string of the molecule is Clc1cc(Br)cnc1N1CC[C@@H](N2CCOCC2)C1. The van der Waals surface area contributed by atoms with Gasteiger partial charge in [0.05, 0.1) is 18.2 Å². The lowest BCUT2D eigenvalue weighted by molar-refractivity contribution is 0.0209. The van der Waals surface area contributed by atoms with Gasteiger partial charge in [0.25, 0.3) is 0 Å². The van der Waals surface area contributed by atoms with E-state index in [1.54, 1.807) is 0 Å². The van der Waals surface area contributed by atoms with Crippen LogP contribution in [0.15, 0.2) is 16.7 Å². The van der Waals surface area contributed by atoms with Gasteiger partial charge in [-0.3, -0.25) is 4.90 Å². The van der Waals surface area contributed by atoms with Crippen molar-refractivity contribution in [1.29, 1.82) is 0 Å². The molecule has 6 heteroatoms. The summed E-state index contributed by atoms with van der Waals surface area (Å²) in [6.07, 6.45) is 2.98. The lowest BCUT2D eigenvalue weighted by Crippen LogP contribution is -2.44. The fourth-order valence-corrected chi connectivity index (χ4v) is 3.56. The highest BCUT2D eigenvalue weighted by Gasteiger charge is 2.30. The quantitative estimate of drug-likeness (QED) is 0.822. The summed E-state index contributed by atoms with van der Waals surface area (Å²) in [5, 5.41) is 0.719. The van der Waals surface area contributed by atoms with Crippen molar-refractivity contribution in [2.24, 2.45) is 0 Å². The molecule has 1 aromatic heterocycles. The zero-order valence-electron chi connectivity index (χ0n) is 10.7. The number of nitrogens with zero attached hydrogens (tertiary/aromatic N) is 3. The number of hydrogen-bond donors (Lipinski definition) is 0. The molecule has 4 nitrogen and oxygen atoms in total. The number of pyridine rings is 1. The number of aromatic nitrogens is 1. The molecule has 104 valence electrons. The van der Waals surface area contributed by atoms with E-state index in [1.807, 2.05) is 12.3 Å². The normalized spacial score (nSPS) is 24.9. The maximum Gasteiger partial charge on any atom is 0.147 e. The van der Waals surface area contributed by atoms with E-state index in [-0.39, 0.29) is 0 Å². The van der Waals surface area contributed by atoms with Crippen LogP contribution in [0.4, 0.5) is 5.82 Å². The Kier molecular flexibility index (Phi) is 4.27. The molecule has 1 atom stereocenters. The van der Waals surface area contributed by atoms with Crippen molar-refractivity contribution in [2.45, 2.75) is 12.5 Å². The molecule has 3 rings (SSSR count). The van der Waals surface area contributed by atoms with Gasteiger partial charge in [-0.25, -0.2) is 4.98 Å². The first kappa shape index (κ1) is 13.6. The van der Waals surface area contributed by atoms with Gasteiger partial charge in [-0.15, -0.1) is 0 Å². The minimum absolute atomic E-state index is 0.602. The zero-order chi connectivity index (χ0) is 13.2. The van der Waals surface area contributed by atoms with Crippen LogP contribution in [0.3, 0.4) is 0 Å². The molecule has 3 heterocycles. The molecule has 0 radical (unpaired) electrons. The van der Waals surface area contributed by atoms with E-state index >= 15 is 0 Å². The standard InChI is InChI=1S/C13H17BrClN3O/c14-10-7-12(15)13(16-8-10)18-2-1-11(9-18)17-3-5-19-6-4-17/h7-8,11H,1-6,9H2/t11-/m1/s1. The lowest BCUT2D eigenvalue weighted by Gasteiger charge is -2.32. The van der Waals surface area contributed by atoms with E-state index in [4.69, 9.17) is 16.3 Å². The Morgan fingerprint density at radius 1 is 1.32 bits per heavy atom. The number of rotatable bonds is 2. The molecule has 0 aromatic carbocycles. The van der Waals surface area contributed by atoms with Crippen molar-refractivity contribution in [2.75, 3.05) is 44.3 Å². The fourth-order valence-electron chi connectivity index (χ4n) is 2.81. The van der Waals surface area contributed by atoms with Crippen molar-refractivity contribution in [3.05, 3.63) is 21.8 Å². The Hall–Kier alpha value is -0.360. The highest BCUT2D eigenvalue weighted by Crippen LogP contribution is 2.29. The van der Waals surface area contributed by atoms with Gasteiger partial charge < -0.3 is 9.64 Å². The molecule has 1 aromatic rings. The maximum atomic E-state index is 6.28. The summed E-state index contributed by atoms with van der Waals surface area (Å²) in [5.74, 6) is 0.903. The summed E-state index contributed by atoms with van der Waals surface area (Å²) in [5.41, 5.74) is 0. The highest BCUT2D eigenvalue weighted by atomic mass is 79.9. The molecule has 0 spiro atoms. The predicted octanol–water partition coefficient (Wildman–Crippen LogP) is 2.41. The number of halogens is 2. The molecular formula is C13H17BrClN3O. The third-order valence-electron chi connectivity index (χ3n) is 3.81. The first-order chi connectivity index (χ1) is 9.24. The first-order valence-electron chi connectivity index (χ1n) is 6.62. The molecule has 0 unspecified atom stereocenters. The van der Waals surface area contributed by atoms with Crippen LogP contribution in [-0.4, -0.2) is 55.3 Å². The van der Waals surface area contributed by atoms with Gasteiger partial charge in [0, 0.05) is 42.9 Å². The van der Waals surface area contributed by atoms with Crippen molar-refractivity contribution < 1.29 is 4.74 Å². The zero-order valence-corrected chi connectivity index (χ0v) is 13.0. The summed E-state index contributed by atoms with van der Waals surface area (Å²) in [4.78, 5) is 9.25. The third kappa shape index (κ3) is 3.05. The van der Waals surface area contributed by atoms with E-state index in [1.165, 1.54) is 6.42 Å². The average Bonchev–Trinajstić information content (AvgIpc) is 2.89. The van der Waals surface area contributed by atoms with E-state index in [0.29, 0.717) is 6.04 Å². The Morgan fingerprint density at radius 2 is 2.11 bits per heavy atom. The summed E-state index contributed by atoms with van der Waals surface area (Å²) in [6.45, 7) is 5.83. The number of morpholine rings is 1. The Bertz CT molecular complexity index is 454. The molecule has 0 aliphatic carbocycles. The van der Waals surface area contributed by atoms with Gasteiger partial charge in [0.15, 0.2) is 0 Å². The molecular weight excluding hydrogens is 330 g/mol. The van der Waals surface area contributed by atoms with E-state index in [2.05, 4.69) is 30.7 Å². The molecule has 2 aliphatic heterocycles. The van der Waals surface area contributed by atoms with Gasteiger partial charge in [-0.2, -0.15) is 0 Å². The molecule has 19 heavy (non-hydrogen) atoms. The van der Waals surface area contributed by atoms with Crippen LogP contribution >= 0.6 is 27.5 Å². The molecule has 0 amide bonds. The van der Waals surface area contributed by atoms with Gasteiger partial charge in [-0.05, 0) is 28.4 Å². The Balaban J connectivity index is 1.67. The van der Waals surface area contributed by atoms with Crippen LogP contribution in [0.25, 0.3) is 0 Å². The van der Waals surface area contributed by atoms with Crippen LogP contribution in [0.1, 0.15) is 6.42 Å². The molecule has 0 N–H and O–H groups in total. The predicted molar refractivity (Wildman–Crippen MR) is 80.0 cm³/mol. The van der Waals surface area contributed by atoms with E-state index in [0.717, 1.165) is 54.7 Å². The van der Waals surface area contributed by atoms with Crippen molar-refractivity contribution in [3.8, 4) is 0 Å². The van der Waals surface area contributed by atoms with E-state index < -0.39 is 0 Å². The maximum absolute atomic E-state index is 6.28. The van der Waals surface area contributed by atoms with E-state index in [9.17, 15) is 0 Å². The number of hydrogen-bond acceptors (Lipinski definition) is 4. The summed E-state index contributed by atoms with van der Waals surface area (Å²) in [6, 6.07) is 2.51. The van der Waals surface area contributed by atoms with Gasteiger partial charge in [0.1, 0.15) is 5.82 Å². The Labute approximate surface area is 126 Å². The largest absolute Gasteiger partial charge is 0.379 e. The second kappa shape index (κ2) is 5.95. The van der Waals surface area contributed by atoms with Crippen LogP contribution < -0.4 is 4.90 Å². The fraction of sp³-hybridized carbons (Fsp3) is 0.615. The van der Waals surface area contributed by atoms with Crippen molar-refractivity contribution in [3.63, 3.8) is 0 Å². The summed E-state index contributed by atoms with van der Waals surface area (Å²) in [7, 11) is 0. The summed E-state index contributed by atoms with van der Waals surface area (Å²) < 4.78 is 6.33. The highest BCUT2D eigenvalue weighted by molar-refractivity contribution is 9.10. The third-order valence-corrected chi connectivity index (χ3v) is 4.53. The topological polar surface area (TPSA) is 28.6 Å². The van der Waals surface area contributed by atoms with Crippen LogP contribution in [-0.2, 0) is 4.74 Å². The van der Waals surface area contributed by atoms with Crippen LogP contribution in [0.2, 0.25) is 5.02 Å². The van der Waals surface area contributed by atoms with Gasteiger partial charge in [-0.1, -0.05) is 11.6 Å². The monoisotopic (exact) mass is 345 g/mol. The summed E-state index contributed by atoms with van der Waals surface area (Å²) >= 11 is 9.67. The minimum Gasteiger partial charge on any atom is -0.379 e. The van der Waals surface area contributed by atoms with Gasteiger partial charge >= 0.3 is 0 Å². The van der Waals surface area contributed by atoms with Crippen molar-refractivity contribution >= 4 is 33.3 Å². The lowest BCUT2D eigenvalue weighted by atomic mass is 10.2. The Morgan fingerprint density at radius 3 is 2.84 bits per heavy atom. The molecule has 2 saturated heterocycles. The van der Waals surface area contributed by atoms with Gasteiger partial charge in [0.2, 0.25) is 0 Å². The molecule has 0 bridgehead atoms. The van der Waals surface area contributed by atoms with Crippen LogP contribution in [0, 0.1) is 0 Å². The molecule has 0 saturated carbocycles. The second-order valence-electron chi connectivity index (χ2n) is 5.00. The number of anilines is 1. The second-order valence-corrected chi connectivity index (χ2v) is 6.32. The number of ether oxygens (including phenoxy) is 1. The van der Waals surface area contributed by atoms with Crippen LogP contribution in [0.5, 0.6) is 0 Å². The minimum atomic E-state index is 0.602. The van der Waals surface area contributed by atoms with Crippen molar-refractivity contribution in [1.82, 2.24) is 9.88 Å².